The average Bonchev–Trinajstić information content (AvgIpc) is 2.54. The molecule has 0 aliphatic carbocycles. The second-order valence-electron chi connectivity index (χ2n) is 4.86. The summed E-state index contributed by atoms with van der Waals surface area (Å²) in [6, 6.07) is 16.8. The summed E-state index contributed by atoms with van der Waals surface area (Å²) in [6.07, 6.45) is 0. The highest BCUT2D eigenvalue weighted by molar-refractivity contribution is 7.86. The molecule has 0 aliphatic heterocycles. The van der Waals surface area contributed by atoms with Gasteiger partial charge in [-0.15, -0.1) is 5.11 Å². The van der Waals surface area contributed by atoms with Crippen molar-refractivity contribution in [1.82, 2.24) is 0 Å². The summed E-state index contributed by atoms with van der Waals surface area (Å²) in [5.41, 5.74) is 7.26. The number of benzene rings is 3. The van der Waals surface area contributed by atoms with Crippen LogP contribution in [0.15, 0.2) is 75.8 Å². The summed E-state index contributed by atoms with van der Waals surface area (Å²) < 4.78 is 32.4. The lowest BCUT2D eigenvalue weighted by molar-refractivity contribution is 0.484. The van der Waals surface area contributed by atoms with Gasteiger partial charge in [-0.1, -0.05) is 30.3 Å². The standard InChI is InChI=1S/C16H13N3O3S/c17-13-9-10-14(19-18-11-5-2-1-3-6-11)12-7-4-8-15(16(12)13)23(20,21)22/h1-10H,17H2,(H,20,21,22). The van der Waals surface area contributed by atoms with Gasteiger partial charge in [-0.2, -0.15) is 13.5 Å². The van der Waals surface area contributed by atoms with Crippen molar-refractivity contribution in [3.05, 3.63) is 60.7 Å². The Morgan fingerprint density at radius 1 is 0.870 bits per heavy atom. The molecule has 0 heterocycles. The van der Waals surface area contributed by atoms with Crippen LogP contribution in [0.2, 0.25) is 0 Å². The molecule has 0 atom stereocenters. The predicted octanol–water partition coefficient (Wildman–Crippen LogP) is 4.08. The van der Waals surface area contributed by atoms with Crippen LogP contribution in [0, 0.1) is 0 Å². The van der Waals surface area contributed by atoms with Gasteiger partial charge in [-0.25, -0.2) is 0 Å². The molecule has 0 aliphatic rings. The summed E-state index contributed by atoms with van der Waals surface area (Å²) in [5.74, 6) is 0. The predicted molar refractivity (Wildman–Crippen MR) is 88.8 cm³/mol. The molecule has 0 amide bonds. The lowest BCUT2D eigenvalue weighted by atomic mass is 10.1. The van der Waals surface area contributed by atoms with Crippen LogP contribution in [0.1, 0.15) is 0 Å². The number of nitrogens with two attached hydrogens (primary N) is 1. The highest BCUT2D eigenvalue weighted by Gasteiger charge is 2.17. The van der Waals surface area contributed by atoms with Crippen LogP contribution in [0.25, 0.3) is 10.8 Å². The van der Waals surface area contributed by atoms with Crippen LogP contribution in [0.4, 0.5) is 17.1 Å². The number of hydrogen-bond donors (Lipinski definition) is 2. The molecule has 0 aromatic heterocycles. The Morgan fingerprint density at radius 3 is 2.30 bits per heavy atom. The lowest BCUT2D eigenvalue weighted by Gasteiger charge is -2.08. The van der Waals surface area contributed by atoms with Gasteiger partial charge in [0.25, 0.3) is 10.1 Å². The van der Waals surface area contributed by atoms with E-state index < -0.39 is 10.1 Å². The van der Waals surface area contributed by atoms with Crippen LogP contribution >= 0.6 is 0 Å². The summed E-state index contributed by atoms with van der Waals surface area (Å²) in [6.45, 7) is 0. The van der Waals surface area contributed by atoms with Crippen molar-refractivity contribution in [3.8, 4) is 0 Å². The number of anilines is 1. The number of hydrogen-bond acceptors (Lipinski definition) is 5. The maximum atomic E-state index is 11.5. The van der Waals surface area contributed by atoms with E-state index in [9.17, 15) is 13.0 Å². The van der Waals surface area contributed by atoms with Gasteiger partial charge >= 0.3 is 0 Å². The topological polar surface area (TPSA) is 105 Å². The van der Waals surface area contributed by atoms with Gasteiger partial charge in [-0.05, 0) is 30.3 Å². The van der Waals surface area contributed by atoms with E-state index in [-0.39, 0.29) is 16.0 Å². The molecule has 7 heteroatoms. The second-order valence-corrected chi connectivity index (χ2v) is 6.25. The number of nitrogens with zero attached hydrogens (tertiary/aromatic N) is 2. The van der Waals surface area contributed by atoms with E-state index in [2.05, 4.69) is 10.2 Å². The van der Waals surface area contributed by atoms with Crippen LogP contribution in [0.3, 0.4) is 0 Å². The van der Waals surface area contributed by atoms with Gasteiger partial charge in [0.2, 0.25) is 0 Å². The van der Waals surface area contributed by atoms with E-state index in [1.807, 2.05) is 18.2 Å². The van der Waals surface area contributed by atoms with Gasteiger partial charge in [0.05, 0.1) is 11.4 Å². The Morgan fingerprint density at radius 2 is 1.61 bits per heavy atom. The minimum absolute atomic E-state index is 0.236. The zero-order valence-corrected chi connectivity index (χ0v) is 12.7. The minimum atomic E-state index is -4.39. The van der Waals surface area contributed by atoms with E-state index in [0.717, 1.165) is 0 Å². The summed E-state index contributed by atoms with van der Waals surface area (Å²) in [5, 5.41) is 9.02. The van der Waals surface area contributed by atoms with Gasteiger partial charge in [0.15, 0.2) is 0 Å². The molecule has 3 N–H and O–H groups in total. The van der Waals surface area contributed by atoms with Crippen LogP contribution in [-0.2, 0) is 10.1 Å². The smallest absolute Gasteiger partial charge is 0.295 e. The van der Waals surface area contributed by atoms with Gasteiger partial charge in [0, 0.05) is 16.5 Å². The van der Waals surface area contributed by atoms with Crippen LogP contribution < -0.4 is 5.73 Å². The fourth-order valence-corrected chi connectivity index (χ4v) is 3.03. The molecular formula is C16H13N3O3S. The van der Waals surface area contributed by atoms with E-state index in [0.29, 0.717) is 16.8 Å². The van der Waals surface area contributed by atoms with E-state index in [1.165, 1.54) is 18.2 Å². The number of fused-ring (bicyclic) bond motifs is 1. The van der Waals surface area contributed by atoms with E-state index in [1.54, 1.807) is 24.3 Å². The molecule has 0 saturated heterocycles. The Balaban J connectivity index is 2.21. The average molecular weight is 327 g/mol. The normalized spacial score (nSPS) is 12.0. The third-order valence-corrected chi connectivity index (χ3v) is 4.21. The van der Waals surface area contributed by atoms with Crippen molar-refractivity contribution in [1.29, 1.82) is 0 Å². The third-order valence-electron chi connectivity index (χ3n) is 3.32. The van der Waals surface area contributed by atoms with Crippen LogP contribution in [-0.4, -0.2) is 13.0 Å². The van der Waals surface area contributed by atoms with E-state index >= 15 is 0 Å². The zero-order valence-electron chi connectivity index (χ0n) is 11.9. The molecule has 0 bridgehead atoms. The summed E-state index contributed by atoms with van der Waals surface area (Å²) >= 11 is 0. The molecular weight excluding hydrogens is 314 g/mol. The molecule has 0 fully saturated rings. The molecule has 3 aromatic rings. The number of rotatable bonds is 3. The SMILES string of the molecule is Nc1ccc(N=Nc2ccccc2)c2cccc(S(=O)(=O)O)c12. The highest BCUT2D eigenvalue weighted by Crippen LogP contribution is 2.35. The molecule has 3 rings (SSSR count). The molecule has 6 nitrogen and oxygen atoms in total. The molecule has 0 saturated carbocycles. The fraction of sp³-hybridized carbons (Fsp3) is 0. The first-order chi connectivity index (χ1) is 11.0. The number of azo groups is 1. The lowest BCUT2D eigenvalue weighted by Crippen LogP contribution is -2.01. The number of nitrogen functional groups attached to an aromatic ring is 1. The molecule has 0 spiro atoms. The maximum Gasteiger partial charge on any atom is 0.295 e. The Kier molecular flexibility index (Phi) is 3.81. The zero-order chi connectivity index (χ0) is 16.4. The van der Waals surface area contributed by atoms with Crippen molar-refractivity contribution >= 4 is 38.0 Å². The molecule has 116 valence electrons. The van der Waals surface area contributed by atoms with Crippen molar-refractivity contribution in [2.45, 2.75) is 4.90 Å². The maximum absolute atomic E-state index is 11.5. The first-order valence-corrected chi connectivity index (χ1v) is 8.16. The molecule has 0 radical (unpaired) electrons. The Bertz CT molecular complexity index is 1000. The van der Waals surface area contributed by atoms with Crippen molar-refractivity contribution in [3.63, 3.8) is 0 Å². The largest absolute Gasteiger partial charge is 0.398 e. The van der Waals surface area contributed by atoms with Crippen molar-refractivity contribution in [2.24, 2.45) is 10.2 Å². The minimum Gasteiger partial charge on any atom is -0.398 e. The quantitative estimate of drug-likeness (QED) is 0.429. The summed E-state index contributed by atoms with van der Waals surface area (Å²) in [7, 11) is -4.39. The fourth-order valence-electron chi connectivity index (χ4n) is 2.29. The van der Waals surface area contributed by atoms with Gasteiger partial charge in [-0.3, -0.25) is 4.55 Å². The monoisotopic (exact) mass is 327 g/mol. The third kappa shape index (κ3) is 3.05. The molecule has 0 unspecified atom stereocenters. The highest BCUT2D eigenvalue weighted by atomic mass is 32.2. The van der Waals surface area contributed by atoms with Gasteiger partial charge in [0.1, 0.15) is 4.90 Å². The summed E-state index contributed by atoms with van der Waals surface area (Å²) in [4.78, 5) is -0.246. The van der Waals surface area contributed by atoms with Crippen LogP contribution in [0.5, 0.6) is 0 Å². The van der Waals surface area contributed by atoms with Crippen molar-refractivity contribution in [2.75, 3.05) is 5.73 Å². The Labute approximate surface area is 133 Å². The van der Waals surface area contributed by atoms with E-state index in [4.69, 9.17) is 5.73 Å². The first kappa shape index (κ1) is 15.1. The Hall–Kier alpha value is -2.77. The van der Waals surface area contributed by atoms with Crippen molar-refractivity contribution < 1.29 is 13.0 Å². The second kappa shape index (κ2) is 5.79. The first-order valence-electron chi connectivity index (χ1n) is 6.72. The van der Waals surface area contributed by atoms with Gasteiger partial charge < -0.3 is 5.73 Å². The molecule has 3 aromatic carbocycles. The molecule has 23 heavy (non-hydrogen) atoms.